The summed E-state index contributed by atoms with van der Waals surface area (Å²) in [6, 6.07) is 8.49. The largest absolute Gasteiger partial charge is 0.369 e. The van der Waals surface area contributed by atoms with Crippen LogP contribution in [0.2, 0.25) is 0 Å². The lowest BCUT2D eigenvalue weighted by Crippen LogP contribution is -2.30. The Balaban J connectivity index is 1.89. The number of rotatable bonds is 7. The summed E-state index contributed by atoms with van der Waals surface area (Å²) in [5.41, 5.74) is 4.79. The van der Waals surface area contributed by atoms with Crippen molar-refractivity contribution < 1.29 is 4.79 Å². The molecule has 0 unspecified atom stereocenters. The minimum absolute atomic E-state index is 0.0250. The van der Waals surface area contributed by atoms with Crippen molar-refractivity contribution in [2.45, 2.75) is 39.7 Å². The first-order valence-corrected chi connectivity index (χ1v) is 8.58. The molecule has 0 fully saturated rings. The first-order chi connectivity index (χ1) is 10.6. The Bertz CT molecular complexity index is 578. The van der Waals surface area contributed by atoms with Gasteiger partial charge < -0.3 is 10.2 Å². The SMILES string of the molecule is CCN(c1ccc(NC(=O)CCc2cscn2)cc1)C(C)C. The first kappa shape index (κ1) is 16.5. The van der Waals surface area contributed by atoms with Crippen LogP contribution in [0.15, 0.2) is 35.2 Å². The molecule has 2 rings (SSSR count). The molecule has 0 atom stereocenters. The monoisotopic (exact) mass is 317 g/mol. The summed E-state index contributed by atoms with van der Waals surface area (Å²) in [5.74, 6) is 0.0250. The highest BCUT2D eigenvalue weighted by atomic mass is 32.1. The number of thiazole rings is 1. The number of carbonyl (C=O) groups excluding carboxylic acids is 1. The van der Waals surface area contributed by atoms with E-state index in [9.17, 15) is 4.79 Å². The van der Waals surface area contributed by atoms with Crippen LogP contribution in [0.5, 0.6) is 0 Å². The van der Waals surface area contributed by atoms with E-state index in [0.717, 1.165) is 17.9 Å². The number of hydrogen-bond donors (Lipinski definition) is 1. The summed E-state index contributed by atoms with van der Waals surface area (Å²) in [6.45, 7) is 7.47. The third kappa shape index (κ3) is 4.56. The van der Waals surface area contributed by atoms with E-state index in [2.05, 4.69) is 48.1 Å². The molecule has 118 valence electrons. The van der Waals surface area contributed by atoms with Gasteiger partial charge >= 0.3 is 0 Å². The molecule has 0 saturated heterocycles. The van der Waals surface area contributed by atoms with Crippen molar-refractivity contribution in [1.82, 2.24) is 4.98 Å². The zero-order valence-electron chi connectivity index (χ0n) is 13.4. The van der Waals surface area contributed by atoms with Crippen LogP contribution in [0.25, 0.3) is 0 Å². The number of nitrogens with one attached hydrogen (secondary N) is 1. The molecule has 0 bridgehead atoms. The zero-order chi connectivity index (χ0) is 15.9. The molecule has 0 saturated carbocycles. The number of hydrogen-bond acceptors (Lipinski definition) is 4. The molecule has 1 N–H and O–H groups in total. The number of benzene rings is 1. The number of aryl methyl sites for hydroxylation is 1. The van der Waals surface area contributed by atoms with Crippen LogP contribution in [0.4, 0.5) is 11.4 Å². The third-order valence-corrected chi connectivity index (χ3v) is 4.17. The summed E-state index contributed by atoms with van der Waals surface area (Å²) in [4.78, 5) is 18.4. The Morgan fingerprint density at radius 3 is 2.59 bits per heavy atom. The van der Waals surface area contributed by atoms with E-state index in [1.807, 2.05) is 17.5 Å². The highest BCUT2D eigenvalue weighted by Crippen LogP contribution is 2.20. The predicted octanol–water partition coefficient (Wildman–Crippen LogP) is 3.95. The summed E-state index contributed by atoms with van der Waals surface area (Å²) in [6.07, 6.45) is 1.14. The molecule has 4 nitrogen and oxygen atoms in total. The molecular formula is C17H23N3OS. The van der Waals surface area contributed by atoms with Crippen LogP contribution in [-0.2, 0) is 11.2 Å². The molecule has 0 aliphatic rings. The van der Waals surface area contributed by atoms with Crippen LogP contribution in [0.3, 0.4) is 0 Å². The fourth-order valence-corrected chi connectivity index (χ4v) is 3.00. The number of aromatic nitrogens is 1. The van der Waals surface area contributed by atoms with E-state index >= 15 is 0 Å². The second-order valence-corrected chi connectivity index (χ2v) is 6.17. The lowest BCUT2D eigenvalue weighted by molar-refractivity contribution is -0.116. The van der Waals surface area contributed by atoms with Crippen molar-refractivity contribution in [3.05, 3.63) is 40.8 Å². The molecular weight excluding hydrogens is 294 g/mol. The van der Waals surface area contributed by atoms with Gasteiger partial charge in [0.25, 0.3) is 0 Å². The van der Waals surface area contributed by atoms with E-state index in [0.29, 0.717) is 18.9 Å². The van der Waals surface area contributed by atoms with E-state index in [-0.39, 0.29) is 5.91 Å². The van der Waals surface area contributed by atoms with Gasteiger partial charge in [0.05, 0.1) is 11.2 Å². The van der Waals surface area contributed by atoms with E-state index in [4.69, 9.17) is 0 Å². The Hall–Kier alpha value is -1.88. The average molecular weight is 317 g/mol. The van der Waals surface area contributed by atoms with Gasteiger partial charge in [-0.3, -0.25) is 4.79 Å². The van der Waals surface area contributed by atoms with E-state index in [1.54, 1.807) is 16.8 Å². The van der Waals surface area contributed by atoms with Crippen molar-refractivity contribution in [3.8, 4) is 0 Å². The van der Waals surface area contributed by atoms with Crippen LogP contribution >= 0.6 is 11.3 Å². The molecule has 2 aromatic rings. The maximum atomic E-state index is 11.9. The Morgan fingerprint density at radius 2 is 2.05 bits per heavy atom. The van der Waals surface area contributed by atoms with Crippen molar-refractivity contribution in [1.29, 1.82) is 0 Å². The molecule has 22 heavy (non-hydrogen) atoms. The quantitative estimate of drug-likeness (QED) is 0.841. The zero-order valence-corrected chi connectivity index (χ0v) is 14.2. The Kier molecular flexibility index (Phi) is 5.95. The third-order valence-electron chi connectivity index (χ3n) is 3.54. The molecule has 1 amide bonds. The van der Waals surface area contributed by atoms with Crippen molar-refractivity contribution in [2.24, 2.45) is 0 Å². The molecule has 1 heterocycles. The Labute approximate surface area is 136 Å². The number of anilines is 2. The van der Waals surface area contributed by atoms with Crippen LogP contribution in [0.1, 0.15) is 32.9 Å². The summed E-state index contributed by atoms with van der Waals surface area (Å²) >= 11 is 1.56. The summed E-state index contributed by atoms with van der Waals surface area (Å²) in [5, 5.41) is 4.92. The van der Waals surface area contributed by atoms with Gasteiger partial charge in [-0.15, -0.1) is 11.3 Å². The minimum Gasteiger partial charge on any atom is -0.369 e. The second kappa shape index (κ2) is 7.94. The lowest BCUT2D eigenvalue weighted by atomic mass is 10.2. The van der Waals surface area contributed by atoms with Gasteiger partial charge in [-0.1, -0.05) is 0 Å². The first-order valence-electron chi connectivity index (χ1n) is 7.63. The minimum atomic E-state index is 0.0250. The fraction of sp³-hybridized carbons (Fsp3) is 0.412. The topological polar surface area (TPSA) is 45.2 Å². The summed E-state index contributed by atoms with van der Waals surface area (Å²) in [7, 11) is 0. The standard InChI is InChI=1S/C17H23N3OS/c1-4-20(13(2)3)16-8-5-14(6-9-16)19-17(21)10-7-15-11-22-12-18-15/h5-6,8-9,11-13H,4,7,10H2,1-3H3,(H,19,21). The lowest BCUT2D eigenvalue weighted by Gasteiger charge is -2.27. The van der Waals surface area contributed by atoms with E-state index < -0.39 is 0 Å². The highest BCUT2D eigenvalue weighted by Gasteiger charge is 2.09. The second-order valence-electron chi connectivity index (χ2n) is 5.45. The van der Waals surface area contributed by atoms with Gasteiger partial charge in [0.15, 0.2) is 0 Å². The predicted molar refractivity (Wildman–Crippen MR) is 93.7 cm³/mol. The molecule has 0 spiro atoms. The van der Waals surface area contributed by atoms with Gasteiger partial charge in [0.1, 0.15) is 0 Å². The molecule has 5 heteroatoms. The van der Waals surface area contributed by atoms with Crippen molar-refractivity contribution in [3.63, 3.8) is 0 Å². The van der Waals surface area contributed by atoms with E-state index in [1.165, 1.54) is 5.69 Å². The van der Waals surface area contributed by atoms with Crippen molar-refractivity contribution in [2.75, 3.05) is 16.8 Å². The van der Waals surface area contributed by atoms with Gasteiger partial charge in [-0.05, 0) is 51.5 Å². The molecule has 0 radical (unpaired) electrons. The molecule has 0 aliphatic carbocycles. The maximum Gasteiger partial charge on any atom is 0.224 e. The maximum absolute atomic E-state index is 11.9. The highest BCUT2D eigenvalue weighted by molar-refractivity contribution is 7.07. The van der Waals surface area contributed by atoms with Gasteiger partial charge in [0.2, 0.25) is 5.91 Å². The smallest absolute Gasteiger partial charge is 0.224 e. The molecule has 1 aromatic heterocycles. The average Bonchev–Trinajstić information content (AvgIpc) is 3.01. The number of nitrogens with zero attached hydrogens (tertiary/aromatic N) is 2. The number of amides is 1. The van der Waals surface area contributed by atoms with Crippen LogP contribution < -0.4 is 10.2 Å². The normalized spacial score (nSPS) is 10.7. The fourth-order valence-electron chi connectivity index (χ4n) is 2.41. The Morgan fingerprint density at radius 1 is 1.32 bits per heavy atom. The van der Waals surface area contributed by atoms with Crippen LogP contribution in [0, 0.1) is 0 Å². The molecule has 0 aliphatic heterocycles. The van der Waals surface area contributed by atoms with Gasteiger partial charge in [-0.25, -0.2) is 4.98 Å². The summed E-state index contributed by atoms with van der Waals surface area (Å²) < 4.78 is 0. The van der Waals surface area contributed by atoms with Crippen molar-refractivity contribution >= 4 is 28.6 Å². The number of carbonyl (C=O) groups is 1. The van der Waals surface area contributed by atoms with Crippen LogP contribution in [-0.4, -0.2) is 23.5 Å². The van der Waals surface area contributed by atoms with Gasteiger partial charge in [0, 0.05) is 35.8 Å². The molecule has 1 aromatic carbocycles. The van der Waals surface area contributed by atoms with Gasteiger partial charge in [-0.2, -0.15) is 0 Å².